The highest BCUT2D eigenvalue weighted by molar-refractivity contribution is 6.30. The van der Waals surface area contributed by atoms with E-state index in [2.05, 4.69) is 15.3 Å². The molecule has 0 bridgehead atoms. The van der Waals surface area contributed by atoms with Crippen LogP contribution in [0.1, 0.15) is 36.2 Å². The molecule has 2 aromatic heterocycles. The standard InChI is InChI=1S/C19H18ClN3O3/c20-13-10-21-19(22-11-13)25-15-7-5-14(6-8-15)23-18(24)17-9-12-3-1-2-4-16(12)26-17/h1-4,9-11,14-15H,5-8H2,(H,23,24). The molecule has 1 aliphatic carbocycles. The van der Waals surface area contributed by atoms with Crippen LogP contribution in [0, 0.1) is 0 Å². The van der Waals surface area contributed by atoms with Crippen LogP contribution in [0.25, 0.3) is 11.0 Å². The number of rotatable bonds is 4. The van der Waals surface area contributed by atoms with Gasteiger partial charge < -0.3 is 14.5 Å². The Bertz CT molecular complexity index is 869. The molecule has 1 amide bonds. The molecular weight excluding hydrogens is 354 g/mol. The molecule has 1 aliphatic rings. The Morgan fingerprint density at radius 2 is 1.88 bits per heavy atom. The summed E-state index contributed by atoms with van der Waals surface area (Å²) in [4.78, 5) is 20.5. The molecule has 26 heavy (non-hydrogen) atoms. The first-order valence-corrected chi connectivity index (χ1v) is 8.99. The number of halogens is 1. The zero-order valence-corrected chi connectivity index (χ0v) is 14.8. The zero-order valence-electron chi connectivity index (χ0n) is 14.0. The first kappa shape index (κ1) is 16.8. The number of hydrogen-bond donors (Lipinski definition) is 1. The summed E-state index contributed by atoms with van der Waals surface area (Å²) in [6, 6.07) is 9.82. The number of para-hydroxylation sites is 1. The van der Waals surface area contributed by atoms with E-state index in [1.54, 1.807) is 6.07 Å². The third-order valence-corrected chi connectivity index (χ3v) is 4.72. The van der Waals surface area contributed by atoms with Gasteiger partial charge in [-0.3, -0.25) is 4.79 Å². The second-order valence-corrected chi connectivity index (χ2v) is 6.83. The number of ether oxygens (including phenoxy) is 1. The lowest BCUT2D eigenvalue weighted by atomic mass is 9.93. The highest BCUT2D eigenvalue weighted by atomic mass is 35.5. The van der Waals surface area contributed by atoms with E-state index in [1.165, 1.54) is 12.4 Å². The first-order chi connectivity index (χ1) is 12.7. The minimum Gasteiger partial charge on any atom is -0.460 e. The minimum atomic E-state index is -0.174. The fourth-order valence-corrected chi connectivity index (χ4v) is 3.28. The largest absolute Gasteiger partial charge is 0.460 e. The molecule has 2 heterocycles. The Kier molecular flexibility index (Phi) is 4.75. The van der Waals surface area contributed by atoms with Crippen molar-refractivity contribution in [1.82, 2.24) is 15.3 Å². The molecule has 1 aromatic carbocycles. The number of fused-ring (bicyclic) bond motifs is 1. The van der Waals surface area contributed by atoms with Gasteiger partial charge in [0, 0.05) is 11.4 Å². The fourth-order valence-electron chi connectivity index (χ4n) is 3.19. The Morgan fingerprint density at radius 1 is 1.15 bits per heavy atom. The Labute approximate surface area is 155 Å². The van der Waals surface area contributed by atoms with E-state index in [-0.39, 0.29) is 18.1 Å². The number of benzene rings is 1. The lowest BCUT2D eigenvalue weighted by molar-refractivity contribution is 0.0861. The van der Waals surface area contributed by atoms with E-state index in [0.29, 0.717) is 16.8 Å². The van der Waals surface area contributed by atoms with Crippen molar-refractivity contribution in [1.29, 1.82) is 0 Å². The molecule has 1 saturated carbocycles. The molecule has 0 atom stereocenters. The Balaban J connectivity index is 1.30. The van der Waals surface area contributed by atoms with Crippen LogP contribution >= 0.6 is 11.6 Å². The highest BCUT2D eigenvalue weighted by Crippen LogP contribution is 2.24. The van der Waals surface area contributed by atoms with E-state index in [0.717, 1.165) is 36.7 Å². The molecule has 0 radical (unpaired) electrons. The summed E-state index contributed by atoms with van der Waals surface area (Å²) in [5.41, 5.74) is 0.720. The van der Waals surface area contributed by atoms with Crippen LogP contribution < -0.4 is 10.1 Å². The number of aromatic nitrogens is 2. The van der Waals surface area contributed by atoms with Gasteiger partial charge in [-0.15, -0.1) is 0 Å². The first-order valence-electron chi connectivity index (χ1n) is 8.61. The van der Waals surface area contributed by atoms with E-state index >= 15 is 0 Å². The molecule has 3 aromatic rings. The molecule has 0 aliphatic heterocycles. The van der Waals surface area contributed by atoms with Gasteiger partial charge in [0.05, 0.1) is 17.4 Å². The van der Waals surface area contributed by atoms with Gasteiger partial charge in [0.25, 0.3) is 5.91 Å². The quantitative estimate of drug-likeness (QED) is 0.750. The second kappa shape index (κ2) is 7.33. The van der Waals surface area contributed by atoms with Crippen LogP contribution in [-0.2, 0) is 0 Å². The average molecular weight is 372 g/mol. The van der Waals surface area contributed by atoms with Crippen LogP contribution in [0.3, 0.4) is 0 Å². The van der Waals surface area contributed by atoms with Crippen molar-refractivity contribution in [2.75, 3.05) is 0 Å². The van der Waals surface area contributed by atoms with Crippen molar-refractivity contribution < 1.29 is 13.9 Å². The molecule has 1 N–H and O–H groups in total. The molecular formula is C19H18ClN3O3. The molecule has 134 valence electrons. The van der Waals surface area contributed by atoms with E-state index in [4.69, 9.17) is 20.8 Å². The lowest BCUT2D eigenvalue weighted by Crippen LogP contribution is -2.39. The van der Waals surface area contributed by atoms with Gasteiger partial charge in [-0.1, -0.05) is 29.8 Å². The minimum absolute atomic E-state index is 0.0514. The monoisotopic (exact) mass is 371 g/mol. The molecule has 0 unspecified atom stereocenters. The predicted molar refractivity (Wildman–Crippen MR) is 97.4 cm³/mol. The van der Waals surface area contributed by atoms with Crippen molar-refractivity contribution in [3.05, 3.63) is 53.5 Å². The molecule has 4 rings (SSSR count). The summed E-state index contributed by atoms with van der Waals surface area (Å²) in [6.07, 6.45) is 6.42. The van der Waals surface area contributed by atoms with Crippen LogP contribution in [0.15, 0.2) is 47.1 Å². The number of hydrogen-bond acceptors (Lipinski definition) is 5. The van der Waals surface area contributed by atoms with Crippen LogP contribution in [0.4, 0.5) is 0 Å². The molecule has 0 saturated heterocycles. The summed E-state index contributed by atoms with van der Waals surface area (Å²) < 4.78 is 11.4. The Morgan fingerprint density at radius 3 is 2.62 bits per heavy atom. The maximum absolute atomic E-state index is 12.4. The summed E-state index contributed by atoms with van der Waals surface area (Å²) in [7, 11) is 0. The molecule has 6 nitrogen and oxygen atoms in total. The van der Waals surface area contributed by atoms with E-state index < -0.39 is 0 Å². The fraction of sp³-hybridized carbons (Fsp3) is 0.316. The van der Waals surface area contributed by atoms with Gasteiger partial charge in [-0.05, 0) is 37.8 Å². The van der Waals surface area contributed by atoms with Gasteiger partial charge in [0.2, 0.25) is 0 Å². The van der Waals surface area contributed by atoms with E-state index in [9.17, 15) is 4.79 Å². The maximum atomic E-state index is 12.4. The lowest BCUT2D eigenvalue weighted by Gasteiger charge is -2.28. The number of furan rings is 1. The number of nitrogens with zero attached hydrogens (tertiary/aromatic N) is 2. The topological polar surface area (TPSA) is 77.2 Å². The summed E-state index contributed by atoms with van der Waals surface area (Å²) in [5, 5.41) is 4.46. The van der Waals surface area contributed by atoms with Gasteiger partial charge in [0.15, 0.2) is 5.76 Å². The third kappa shape index (κ3) is 3.80. The van der Waals surface area contributed by atoms with Gasteiger partial charge in [0.1, 0.15) is 11.7 Å². The normalized spacial score (nSPS) is 20.0. The second-order valence-electron chi connectivity index (χ2n) is 6.40. The van der Waals surface area contributed by atoms with Gasteiger partial charge >= 0.3 is 6.01 Å². The van der Waals surface area contributed by atoms with Crippen LogP contribution in [0.2, 0.25) is 5.02 Å². The summed E-state index contributed by atoms with van der Waals surface area (Å²) in [5.74, 6) is 0.172. The number of carbonyl (C=O) groups excluding carboxylic acids is 1. The average Bonchev–Trinajstić information content (AvgIpc) is 3.10. The molecule has 1 fully saturated rings. The smallest absolute Gasteiger partial charge is 0.316 e. The van der Waals surface area contributed by atoms with Gasteiger partial charge in [-0.2, -0.15) is 0 Å². The van der Waals surface area contributed by atoms with Gasteiger partial charge in [-0.25, -0.2) is 9.97 Å². The zero-order chi connectivity index (χ0) is 17.9. The highest BCUT2D eigenvalue weighted by Gasteiger charge is 2.25. The van der Waals surface area contributed by atoms with E-state index in [1.807, 2.05) is 24.3 Å². The number of amides is 1. The van der Waals surface area contributed by atoms with Crippen LogP contribution in [-0.4, -0.2) is 28.0 Å². The van der Waals surface area contributed by atoms with Crippen molar-refractivity contribution in [2.24, 2.45) is 0 Å². The number of nitrogens with one attached hydrogen (secondary N) is 1. The van der Waals surface area contributed by atoms with Crippen molar-refractivity contribution in [3.63, 3.8) is 0 Å². The molecule has 7 heteroatoms. The summed E-state index contributed by atoms with van der Waals surface area (Å²) >= 11 is 5.77. The van der Waals surface area contributed by atoms with Crippen LogP contribution in [0.5, 0.6) is 6.01 Å². The third-order valence-electron chi connectivity index (χ3n) is 4.53. The number of carbonyl (C=O) groups is 1. The van der Waals surface area contributed by atoms with Crippen molar-refractivity contribution in [2.45, 2.75) is 37.8 Å². The maximum Gasteiger partial charge on any atom is 0.316 e. The molecule has 0 spiro atoms. The predicted octanol–water partition coefficient (Wildman–Crippen LogP) is 4.00. The van der Waals surface area contributed by atoms with Crippen molar-refractivity contribution in [3.8, 4) is 6.01 Å². The summed E-state index contributed by atoms with van der Waals surface area (Å²) in [6.45, 7) is 0. The Hall–Kier alpha value is -2.60. The van der Waals surface area contributed by atoms with Crippen molar-refractivity contribution >= 4 is 28.5 Å². The SMILES string of the molecule is O=C(NC1CCC(Oc2ncc(Cl)cn2)CC1)c1cc2ccccc2o1.